The van der Waals surface area contributed by atoms with Crippen molar-refractivity contribution < 1.29 is 4.39 Å². The number of hydrogen-bond donors (Lipinski definition) is 1. The summed E-state index contributed by atoms with van der Waals surface area (Å²) in [7, 11) is 0. The third-order valence-electron chi connectivity index (χ3n) is 3.19. The van der Waals surface area contributed by atoms with Gasteiger partial charge in [0.1, 0.15) is 5.82 Å². The quantitative estimate of drug-likeness (QED) is 0.811. The fourth-order valence-electron chi connectivity index (χ4n) is 1.95. The van der Waals surface area contributed by atoms with Crippen molar-refractivity contribution in [2.45, 2.75) is 39.7 Å². The van der Waals surface area contributed by atoms with E-state index in [1.54, 1.807) is 6.07 Å². The lowest BCUT2D eigenvalue weighted by Gasteiger charge is -2.33. The molecule has 84 valence electrons. The van der Waals surface area contributed by atoms with Gasteiger partial charge in [-0.15, -0.1) is 0 Å². The zero-order valence-electron chi connectivity index (χ0n) is 9.97. The molecule has 0 amide bonds. The Hall–Kier alpha value is -0.890. The molecule has 0 spiro atoms. The Balaban J connectivity index is 3.23. The molecule has 0 bridgehead atoms. The summed E-state index contributed by atoms with van der Waals surface area (Å²) in [5.74, 6) is 0.0950. The van der Waals surface area contributed by atoms with Crippen LogP contribution in [0.5, 0.6) is 0 Å². The van der Waals surface area contributed by atoms with Crippen molar-refractivity contribution in [2.75, 3.05) is 0 Å². The summed E-state index contributed by atoms with van der Waals surface area (Å²) in [6.45, 7) is 8.08. The van der Waals surface area contributed by atoms with Crippen molar-refractivity contribution in [1.82, 2.24) is 0 Å². The summed E-state index contributed by atoms with van der Waals surface area (Å²) in [5.41, 5.74) is 7.73. The molecule has 0 aliphatic rings. The first-order valence-corrected chi connectivity index (χ1v) is 5.46. The molecule has 0 saturated carbocycles. The molecule has 15 heavy (non-hydrogen) atoms. The second kappa shape index (κ2) is 4.31. The van der Waals surface area contributed by atoms with Crippen LogP contribution < -0.4 is 5.73 Å². The lowest BCUT2D eigenvalue weighted by Crippen LogP contribution is -2.41. The average Bonchev–Trinajstić information content (AvgIpc) is 2.14. The molecule has 1 aromatic rings. The molecular formula is C13H20FN. The predicted molar refractivity (Wildman–Crippen MR) is 62.1 cm³/mol. The lowest BCUT2D eigenvalue weighted by atomic mass is 9.78. The Morgan fingerprint density at radius 2 is 1.93 bits per heavy atom. The highest BCUT2D eigenvalue weighted by atomic mass is 19.1. The van der Waals surface area contributed by atoms with Crippen molar-refractivity contribution in [3.05, 3.63) is 35.1 Å². The summed E-state index contributed by atoms with van der Waals surface area (Å²) in [6.07, 6.45) is 0.813. The zero-order chi connectivity index (χ0) is 11.6. The molecule has 0 saturated heterocycles. The molecule has 2 heteroatoms. The van der Waals surface area contributed by atoms with E-state index in [0.717, 1.165) is 17.5 Å². The van der Waals surface area contributed by atoms with E-state index in [0.29, 0.717) is 5.92 Å². The fourth-order valence-corrected chi connectivity index (χ4v) is 1.95. The second-order valence-corrected chi connectivity index (χ2v) is 4.57. The first-order valence-electron chi connectivity index (χ1n) is 5.46. The van der Waals surface area contributed by atoms with E-state index in [1.165, 1.54) is 6.07 Å². The lowest BCUT2D eigenvalue weighted by molar-refractivity contribution is 0.304. The summed E-state index contributed by atoms with van der Waals surface area (Å²) in [6, 6.07) is 5.06. The average molecular weight is 209 g/mol. The zero-order valence-corrected chi connectivity index (χ0v) is 9.97. The van der Waals surface area contributed by atoms with Crippen LogP contribution in [0, 0.1) is 18.7 Å². The van der Waals surface area contributed by atoms with Crippen LogP contribution in [0.25, 0.3) is 0 Å². The van der Waals surface area contributed by atoms with Gasteiger partial charge in [0.2, 0.25) is 0 Å². The van der Waals surface area contributed by atoms with E-state index in [4.69, 9.17) is 5.73 Å². The van der Waals surface area contributed by atoms with Crippen LogP contribution in [-0.2, 0) is 5.54 Å². The van der Waals surface area contributed by atoms with Crippen LogP contribution in [0.1, 0.15) is 38.3 Å². The van der Waals surface area contributed by atoms with Crippen molar-refractivity contribution in [1.29, 1.82) is 0 Å². The SMILES string of the molecule is CCC(N)(c1cc(C)cc(F)c1)C(C)C. The molecule has 0 aromatic heterocycles. The number of halogens is 1. The third kappa shape index (κ3) is 2.37. The molecule has 0 fully saturated rings. The third-order valence-corrected chi connectivity index (χ3v) is 3.19. The van der Waals surface area contributed by atoms with Gasteiger partial charge in [-0.1, -0.05) is 26.8 Å². The first-order chi connectivity index (χ1) is 6.90. The second-order valence-electron chi connectivity index (χ2n) is 4.57. The summed E-state index contributed by atoms with van der Waals surface area (Å²) < 4.78 is 13.3. The maximum Gasteiger partial charge on any atom is 0.123 e. The topological polar surface area (TPSA) is 26.0 Å². The molecule has 1 unspecified atom stereocenters. The highest BCUT2D eigenvalue weighted by molar-refractivity contribution is 5.30. The van der Waals surface area contributed by atoms with Gasteiger partial charge in [0, 0.05) is 5.54 Å². The molecule has 1 aromatic carbocycles. The minimum atomic E-state index is -0.424. The minimum absolute atomic E-state index is 0.200. The molecule has 0 aliphatic carbocycles. The van der Waals surface area contributed by atoms with Crippen molar-refractivity contribution in [3.8, 4) is 0 Å². The van der Waals surface area contributed by atoms with Gasteiger partial charge in [-0.2, -0.15) is 0 Å². The largest absolute Gasteiger partial charge is 0.321 e. The van der Waals surface area contributed by atoms with Gasteiger partial charge in [0.05, 0.1) is 0 Å². The summed E-state index contributed by atoms with van der Waals surface area (Å²) in [4.78, 5) is 0. The number of rotatable bonds is 3. The standard InChI is InChI=1S/C13H20FN/c1-5-13(15,9(2)3)11-6-10(4)7-12(14)8-11/h6-9H,5,15H2,1-4H3. The number of aryl methyl sites for hydroxylation is 1. The van der Waals surface area contributed by atoms with Crippen molar-refractivity contribution >= 4 is 0 Å². The molecule has 0 radical (unpaired) electrons. The molecule has 0 aliphatic heterocycles. The van der Waals surface area contributed by atoms with E-state index in [1.807, 2.05) is 19.9 Å². The number of nitrogens with two attached hydrogens (primary N) is 1. The van der Waals surface area contributed by atoms with Crippen LogP contribution in [0.4, 0.5) is 4.39 Å². The molecule has 2 N–H and O–H groups in total. The minimum Gasteiger partial charge on any atom is -0.321 e. The van der Waals surface area contributed by atoms with Crippen molar-refractivity contribution in [3.63, 3.8) is 0 Å². The Morgan fingerprint density at radius 3 is 2.33 bits per heavy atom. The van der Waals surface area contributed by atoms with E-state index in [2.05, 4.69) is 13.8 Å². The van der Waals surface area contributed by atoms with Gasteiger partial charge < -0.3 is 5.73 Å². The van der Waals surface area contributed by atoms with E-state index in [9.17, 15) is 4.39 Å². The van der Waals surface area contributed by atoms with Gasteiger partial charge >= 0.3 is 0 Å². The highest BCUT2D eigenvalue weighted by Gasteiger charge is 2.29. The van der Waals surface area contributed by atoms with Crippen LogP contribution in [0.15, 0.2) is 18.2 Å². The van der Waals surface area contributed by atoms with Crippen molar-refractivity contribution in [2.24, 2.45) is 11.7 Å². The van der Waals surface area contributed by atoms with Gasteiger partial charge in [-0.3, -0.25) is 0 Å². The van der Waals surface area contributed by atoms with Gasteiger partial charge in [-0.25, -0.2) is 4.39 Å². The van der Waals surface area contributed by atoms with Gasteiger partial charge in [-0.05, 0) is 42.5 Å². The summed E-state index contributed by atoms with van der Waals surface area (Å²) in [5, 5.41) is 0. The van der Waals surface area contributed by atoms with Crippen LogP contribution in [0.3, 0.4) is 0 Å². The van der Waals surface area contributed by atoms with Crippen LogP contribution in [0.2, 0.25) is 0 Å². The fraction of sp³-hybridized carbons (Fsp3) is 0.538. The molecular weight excluding hydrogens is 189 g/mol. The number of hydrogen-bond acceptors (Lipinski definition) is 1. The van der Waals surface area contributed by atoms with E-state index >= 15 is 0 Å². The highest BCUT2D eigenvalue weighted by Crippen LogP contribution is 2.31. The molecule has 1 nitrogen and oxygen atoms in total. The Kier molecular flexibility index (Phi) is 3.50. The van der Waals surface area contributed by atoms with Gasteiger partial charge in [0.25, 0.3) is 0 Å². The maximum atomic E-state index is 13.3. The van der Waals surface area contributed by atoms with E-state index in [-0.39, 0.29) is 5.82 Å². The van der Waals surface area contributed by atoms with Crippen LogP contribution in [-0.4, -0.2) is 0 Å². The smallest absolute Gasteiger partial charge is 0.123 e. The first kappa shape index (κ1) is 12.2. The summed E-state index contributed by atoms with van der Waals surface area (Å²) >= 11 is 0. The maximum absolute atomic E-state index is 13.3. The normalized spacial score (nSPS) is 15.4. The Morgan fingerprint density at radius 1 is 1.33 bits per heavy atom. The monoisotopic (exact) mass is 209 g/mol. The molecule has 0 heterocycles. The molecule has 1 rings (SSSR count). The molecule has 1 atom stereocenters. The van der Waals surface area contributed by atoms with E-state index < -0.39 is 5.54 Å². The Labute approximate surface area is 91.5 Å². The Bertz CT molecular complexity index is 326. The van der Waals surface area contributed by atoms with Crippen LogP contribution >= 0.6 is 0 Å². The predicted octanol–water partition coefficient (Wildman–Crippen LogP) is 3.35. The van der Waals surface area contributed by atoms with Gasteiger partial charge in [0.15, 0.2) is 0 Å². The number of benzene rings is 1.